The van der Waals surface area contributed by atoms with Crippen LogP contribution < -0.4 is 0 Å². The fraction of sp³-hybridized carbons (Fsp3) is 0.455. The Bertz CT molecular complexity index is 425. The van der Waals surface area contributed by atoms with E-state index in [1.54, 1.807) is 0 Å². The summed E-state index contributed by atoms with van der Waals surface area (Å²) in [5.41, 5.74) is 1.12. The lowest BCUT2D eigenvalue weighted by atomic mass is 10.0. The minimum absolute atomic E-state index is 0.149. The predicted molar refractivity (Wildman–Crippen MR) is 65.1 cm³/mol. The second kappa shape index (κ2) is 5.66. The zero-order valence-electron chi connectivity index (χ0n) is 9.31. The van der Waals surface area contributed by atoms with E-state index in [0.29, 0.717) is 5.02 Å². The van der Waals surface area contributed by atoms with Gasteiger partial charge in [0, 0.05) is 5.02 Å². The highest BCUT2D eigenvalue weighted by atomic mass is 35.5. The van der Waals surface area contributed by atoms with Crippen molar-refractivity contribution in [2.45, 2.75) is 13.3 Å². The van der Waals surface area contributed by atoms with Crippen LogP contribution in [0.2, 0.25) is 5.02 Å². The van der Waals surface area contributed by atoms with Crippen LogP contribution >= 0.6 is 11.6 Å². The van der Waals surface area contributed by atoms with Crippen LogP contribution in [0, 0.1) is 5.92 Å². The van der Waals surface area contributed by atoms with Crippen LogP contribution in [0.5, 0.6) is 0 Å². The first kappa shape index (κ1) is 13.5. The van der Waals surface area contributed by atoms with Gasteiger partial charge in [-0.05, 0) is 30.0 Å². The Labute approximate surface area is 102 Å². The molecule has 5 heteroatoms. The van der Waals surface area contributed by atoms with Crippen molar-refractivity contribution in [3.63, 3.8) is 0 Å². The largest absolute Gasteiger partial charge is 0.270 e. The summed E-state index contributed by atoms with van der Waals surface area (Å²) < 4.78 is 26.3. The van der Waals surface area contributed by atoms with Gasteiger partial charge in [0.15, 0.2) is 0 Å². The van der Waals surface area contributed by atoms with Gasteiger partial charge < -0.3 is 0 Å². The van der Waals surface area contributed by atoms with Crippen molar-refractivity contribution in [2.24, 2.45) is 5.92 Å². The molecule has 0 radical (unpaired) electrons. The number of rotatable bonds is 5. The topological polar surface area (TPSA) is 43.4 Å². The number of halogens is 1. The molecule has 0 saturated carbocycles. The zero-order valence-corrected chi connectivity index (χ0v) is 10.9. The summed E-state index contributed by atoms with van der Waals surface area (Å²) in [6, 6.07) is 7.50. The molecule has 0 saturated heterocycles. The molecule has 1 aromatic rings. The molecule has 0 fully saturated rings. The van der Waals surface area contributed by atoms with Gasteiger partial charge >= 0.3 is 0 Å². The fourth-order valence-electron chi connectivity index (χ4n) is 1.32. The van der Waals surface area contributed by atoms with E-state index in [4.69, 9.17) is 15.8 Å². The predicted octanol–water partition coefficient (Wildman–Crippen LogP) is 2.49. The van der Waals surface area contributed by atoms with Crippen LogP contribution in [0.4, 0.5) is 0 Å². The first-order valence-electron chi connectivity index (χ1n) is 4.95. The van der Waals surface area contributed by atoms with Crippen molar-refractivity contribution in [3.8, 4) is 0 Å². The first-order valence-corrected chi connectivity index (χ1v) is 7.15. The van der Waals surface area contributed by atoms with E-state index in [-0.39, 0.29) is 12.5 Å². The molecule has 0 amide bonds. The van der Waals surface area contributed by atoms with Crippen LogP contribution in [0.25, 0.3) is 0 Å². The smallest absolute Gasteiger partial charge is 0.264 e. The second-order valence-electron chi connectivity index (χ2n) is 3.92. The van der Waals surface area contributed by atoms with Crippen molar-refractivity contribution in [1.82, 2.24) is 0 Å². The van der Waals surface area contributed by atoms with Crippen molar-refractivity contribution in [1.29, 1.82) is 0 Å². The Balaban J connectivity index is 2.45. The maximum atomic E-state index is 10.8. The maximum Gasteiger partial charge on any atom is 0.264 e. The van der Waals surface area contributed by atoms with Gasteiger partial charge in [0.25, 0.3) is 10.1 Å². The highest BCUT2D eigenvalue weighted by molar-refractivity contribution is 7.85. The second-order valence-corrected chi connectivity index (χ2v) is 6.00. The minimum Gasteiger partial charge on any atom is -0.270 e. The third-order valence-electron chi connectivity index (χ3n) is 2.06. The SMILES string of the molecule is C[C@H](COS(C)(=O)=O)Cc1ccc(Cl)cc1. The van der Waals surface area contributed by atoms with Crippen LogP contribution in [0.15, 0.2) is 24.3 Å². The van der Waals surface area contributed by atoms with Gasteiger partial charge in [-0.2, -0.15) is 8.42 Å². The monoisotopic (exact) mass is 262 g/mol. The summed E-state index contributed by atoms with van der Waals surface area (Å²) >= 11 is 5.77. The molecule has 1 atom stereocenters. The van der Waals surface area contributed by atoms with Crippen molar-refractivity contribution >= 4 is 21.7 Å². The van der Waals surface area contributed by atoms with E-state index in [9.17, 15) is 8.42 Å². The summed E-state index contributed by atoms with van der Waals surface area (Å²) in [6.07, 6.45) is 1.83. The van der Waals surface area contributed by atoms with Gasteiger partial charge in [0.2, 0.25) is 0 Å². The molecule has 16 heavy (non-hydrogen) atoms. The molecule has 0 aromatic heterocycles. The van der Waals surface area contributed by atoms with E-state index in [1.807, 2.05) is 31.2 Å². The molecular formula is C11H15ClO3S. The average Bonchev–Trinajstić information content (AvgIpc) is 2.18. The van der Waals surface area contributed by atoms with Gasteiger partial charge in [0.1, 0.15) is 0 Å². The molecule has 0 aliphatic rings. The molecule has 0 bridgehead atoms. The number of hydrogen-bond acceptors (Lipinski definition) is 3. The number of hydrogen-bond donors (Lipinski definition) is 0. The normalized spacial score (nSPS) is 13.7. The standard InChI is InChI=1S/C11H15ClO3S/c1-9(8-15-16(2,13)14)7-10-3-5-11(12)6-4-10/h3-6,9H,7-8H2,1-2H3/t9-/m0/s1. The molecule has 90 valence electrons. The minimum atomic E-state index is -3.34. The Morgan fingerprint density at radius 2 is 1.88 bits per heavy atom. The van der Waals surface area contributed by atoms with Crippen LogP contribution in [-0.2, 0) is 20.7 Å². The van der Waals surface area contributed by atoms with Crippen molar-refractivity contribution in [3.05, 3.63) is 34.9 Å². The van der Waals surface area contributed by atoms with Gasteiger partial charge in [-0.3, -0.25) is 4.18 Å². The molecule has 1 aromatic carbocycles. The van der Waals surface area contributed by atoms with E-state index < -0.39 is 10.1 Å². The third kappa shape index (κ3) is 5.49. The lowest BCUT2D eigenvalue weighted by Gasteiger charge is -2.10. The quantitative estimate of drug-likeness (QED) is 0.766. The van der Waals surface area contributed by atoms with E-state index in [1.165, 1.54) is 0 Å². The summed E-state index contributed by atoms with van der Waals surface area (Å²) in [6.45, 7) is 2.15. The van der Waals surface area contributed by atoms with Crippen LogP contribution in [0.1, 0.15) is 12.5 Å². The summed E-state index contributed by atoms with van der Waals surface area (Å²) in [5, 5.41) is 0.698. The third-order valence-corrected chi connectivity index (χ3v) is 2.88. The maximum absolute atomic E-state index is 10.8. The summed E-state index contributed by atoms with van der Waals surface area (Å²) in [4.78, 5) is 0. The molecule has 0 N–H and O–H groups in total. The molecule has 0 aliphatic heterocycles. The highest BCUT2D eigenvalue weighted by Gasteiger charge is 2.08. The molecule has 0 heterocycles. The molecule has 0 unspecified atom stereocenters. The molecule has 0 aliphatic carbocycles. The highest BCUT2D eigenvalue weighted by Crippen LogP contribution is 2.13. The van der Waals surface area contributed by atoms with Gasteiger partial charge in [-0.25, -0.2) is 0 Å². The van der Waals surface area contributed by atoms with Crippen LogP contribution in [0.3, 0.4) is 0 Å². The van der Waals surface area contributed by atoms with E-state index >= 15 is 0 Å². The summed E-state index contributed by atoms with van der Waals surface area (Å²) in [5.74, 6) is 0.149. The Morgan fingerprint density at radius 3 is 2.38 bits per heavy atom. The van der Waals surface area contributed by atoms with Crippen LogP contribution in [-0.4, -0.2) is 21.3 Å². The lowest BCUT2D eigenvalue weighted by Crippen LogP contribution is -2.12. The van der Waals surface area contributed by atoms with Crippen molar-refractivity contribution < 1.29 is 12.6 Å². The first-order chi connectivity index (χ1) is 7.37. The van der Waals surface area contributed by atoms with Crippen molar-refractivity contribution in [2.75, 3.05) is 12.9 Å². The van der Waals surface area contributed by atoms with E-state index in [2.05, 4.69) is 0 Å². The number of benzene rings is 1. The Hall–Kier alpha value is -0.580. The molecule has 3 nitrogen and oxygen atoms in total. The Kier molecular flexibility index (Phi) is 4.77. The fourth-order valence-corrected chi connectivity index (χ4v) is 1.93. The lowest BCUT2D eigenvalue weighted by molar-refractivity contribution is 0.266. The zero-order chi connectivity index (χ0) is 12.2. The Morgan fingerprint density at radius 1 is 1.31 bits per heavy atom. The van der Waals surface area contributed by atoms with E-state index in [0.717, 1.165) is 18.2 Å². The van der Waals surface area contributed by atoms with Gasteiger partial charge in [-0.15, -0.1) is 0 Å². The van der Waals surface area contributed by atoms with Gasteiger partial charge in [-0.1, -0.05) is 30.7 Å². The molecule has 1 rings (SSSR count). The summed E-state index contributed by atoms with van der Waals surface area (Å²) in [7, 11) is -3.34. The molecule has 0 spiro atoms. The average molecular weight is 263 g/mol. The molecular weight excluding hydrogens is 248 g/mol. The van der Waals surface area contributed by atoms with Gasteiger partial charge in [0.05, 0.1) is 12.9 Å².